The Morgan fingerprint density at radius 1 is 1.14 bits per heavy atom. The van der Waals surface area contributed by atoms with E-state index >= 15 is 0 Å². The monoisotopic (exact) mass is 287 g/mol. The lowest BCUT2D eigenvalue weighted by atomic mass is 10.1. The number of fused-ring (bicyclic) bond motifs is 1. The molecule has 0 saturated carbocycles. The first kappa shape index (κ1) is 13.4. The second-order valence-electron chi connectivity index (χ2n) is 4.59. The first-order valence-electron chi connectivity index (χ1n) is 6.66. The fourth-order valence-corrected chi connectivity index (χ4v) is 2.25. The minimum absolute atomic E-state index is 0.164. The highest BCUT2D eigenvalue weighted by Gasteiger charge is 2.20. The number of carbonyl (C=O) groups excluding carboxylic acids is 1. The van der Waals surface area contributed by atoms with E-state index in [4.69, 9.17) is 9.47 Å². The fraction of sp³-hybridized carbons (Fsp3) is 0.188. The van der Waals surface area contributed by atoms with E-state index in [2.05, 4.69) is 0 Å². The molecule has 0 saturated heterocycles. The smallest absolute Gasteiger partial charge is 0.258 e. The maximum atomic E-state index is 13.0. The zero-order chi connectivity index (χ0) is 14.8. The number of hydrogen-bond acceptors (Lipinski definition) is 3. The Balaban J connectivity index is 1.90. The third kappa shape index (κ3) is 2.54. The normalized spacial score (nSPS) is 12.3. The fourth-order valence-electron chi connectivity index (χ4n) is 2.25. The summed E-state index contributed by atoms with van der Waals surface area (Å²) in [7, 11) is 0. The topological polar surface area (TPSA) is 38.8 Å². The van der Waals surface area contributed by atoms with Crippen LogP contribution in [0.15, 0.2) is 42.5 Å². The van der Waals surface area contributed by atoms with Crippen LogP contribution in [0.3, 0.4) is 0 Å². The van der Waals surface area contributed by atoms with Crippen LogP contribution in [0.2, 0.25) is 0 Å². The van der Waals surface area contributed by atoms with Crippen molar-refractivity contribution in [2.75, 3.05) is 18.2 Å². The Morgan fingerprint density at radius 3 is 2.57 bits per heavy atom. The molecule has 21 heavy (non-hydrogen) atoms. The van der Waals surface area contributed by atoms with E-state index in [0.29, 0.717) is 29.3 Å². The molecule has 108 valence electrons. The quantitative estimate of drug-likeness (QED) is 0.870. The Kier molecular flexibility index (Phi) is 3.48. The number of ether oxygens (including phenoxy) is 2. The molecular weight excluding hydrogens is 273 g/mol. The lowest BCUT2D eigenvalue weighted by molar-refractivity contribution is 0.0988. The van der Waals surface area contributed by atoms with Gasteiger partial charge in [0.05, 0.1) is 0 Å². The highest BCUT2D eigenvalue weighted by atomic mass is 19.1. The number of hydrogen-bond donors (Lipinski definition) is 0. The van der Waals surface area contributed by atoms with Gasteiger partial charge >= 0.3 is 0 Å². The van der Waals surface area contributed by atoms with E-state index in [1.165, 1.54) is 12.1 Å². The second-order valence-corrected chi connectivity index (χ2v) is 4.59. The minimum Gasteiger partial charge on any atom is -0.454 e. The summed E-state index contributed by atoms with van der Waals surface area (Å²) in [6.45, 7) is 2.52. The van der Waals surface area contributed by atoms with Crippen LogP contribution in [0, 0.1) is 5.82 Å². The predicted molar refractivity (Wildman–Crippen MR) is 76.3 cm³/mol. The average Bonchev–Trinajstić information content (AvgIpc) is 2.97. The van der Waals surface area contributed by atoms with Crippen LogP contribution >= 0.6 is 0 Å². The number of carbonyl (C=O) groups is 1. The molecule has 3 rings (SSSR count). The Bertz CT molecular complexity index is 670. The van der Waals surface area contributed by atoms with Gasteiger partial charge in [0.25, 0.3) is 5.91 Å². The van der Waals surface area contributed by atoms with Crippen LogP contribution in [-0.2, 0) is 0 Å². The van der Waals surface area contributed by atoms with Crippen LogP contribution in [0.5, 0.6) is 11.5 Å². The molecule has 2 aromatic carbocycles. The summed E-state index contributed by atoms with van der Waals surface area (Å²) in [6, 6.07) is 10.9. The van der Waals surface area contributed by atoms with Gasteiger partial charge in [-0.15, -0.1) is 0 Å². The van der Waals surface area contributed by atoms with E-state index in [-0.39, 0.29) is 18.5 Å². The molecule has 0 spiro atoms. The van der Waals surface area contributed by atoms with E-state index in [0.717, 1.165) is 0 Å². The summed E-state index contributed by atoms with van der Waals surface area (Å²) >= 11 is 0. The number of nitrogens with zero attached hydrogens (tertiary/aromatic N) is 1. The van der Waals surface area contributed by atoms with Crippen molar-refractivity contribution in [1.82, 2.24) is 0 Å². The van der Waals surface area contributed by atoms with Gasteiger partial charge in [-0.2, -0.15) is 0 Å². The summed E-state index contributed by atoms with van der Waals surface area (Å²) in [5, 5.41) is 0. The number of anilines is 1. The Hall–Kier alpha value is -2.56. The van der Waals surface area contributed by atoms with E-state index in [1.54, 1.807) is 35.2 Å². The summed E-state index contributed by atoms with van der Waals surface area (Å²) in [6.07, 6.45) is 0. The molecule has 0 fully saturated rings. The van der Waals surface area contributed by atoms with E-state index in [1.807, 2.05) is 6.92 Å². The first-order valence-corrected chi connectivity index (χ1v) is 6.66. The van der Waals surface area contributed by atoms with Crippen molar-refractivity contribution in [2.24, 2.45) is 0 Å². The molecule has 0 bridgehead atoms. The van der Waals surface area contributed by atoms with Crippen LogP contribution in [-0.4, -0.2) is 19.2 Å². The molecule has 0 unspecified atom stereocenters. The van der Waals surface area contributed by atoms with Gasteiger partial charge in [-0.05, 0) is 49.4 Å². The van der Waals surface area contributed by atoms with Crippen molar-refractivity contribution in [3.8, 4) is 11.5 Å². The third-order valence-electron chi connectivity index (χ3n) is 3.32. The lowest BCUT2D eigenvalue weighted by Gasteiger charge is -2.21. The molecule has 0 N–H and O–H groups in total. The van der Waals surface area contributed by atoms with Crippen molar-refractivity contribution in [2.45, 2.75) is 6.92 Å². The first-order chi connectivity index (χ1) is 10.2. The molecule has 1 amide bonds. The minimum atomic E-state index is -0.328. The summed E-state index contributed by atoms with van der Waals surface area (Å²) < 4.78 is 23.5. The van der Waals surface area contributed by atoms with Gasteiger partial charge in [0.15, 0.2) is 11.5 Å². The molecule has 0 aromatic heterocycles. The lowest BCUT2D eigenvalue weighted by Crippen LogP contribution is -2.30. The summed E-state index contributed by atoms with van der Waals surface area (Å²) in [5.74, 6) is 0.708. The number of amides is 1. The highest BCUT2D eigenvalue weighted by molar-refractivity contribution is 6.06. The van der Waals surface area contributed by atoms with Gasteiger partial charge in [0.2, 0.25) is 6.79 Å². The van der Waals surface area contributed by atoms with Crippen molar-refractivity contribution in [1.29, 1.82) is 0 Å². The predicted octanol–water partition coefficient (Wildman–Crippen LogP) is 3.22. The van der Waals surface area contributed by atoms with Crippen LogP contribution in [0.4, 0.5) is 10.1 Å². The zero-order valence-electron chi connectivity index (χ0n) is 11.5. The summed E-state index contributed by atoms with van der Waals surface area (Å²) in [5.41, 5.74) is 1.16. The van der Waals surface area contributed by atoms with Gasteiger partial charge < -0.3 is 14.4 Å². The molecule has 5 heteroatoms. The van der Waals surface area contributed by atoms with Gasteiger partial charge in [0, 0.05) is 17.8 Å². The molecule has 0 radical (unpaired) electrons. The second kappa shape index (κ2) is 5.44. The molecule has 4 nitrogen and oxygen atoms in total. The number of halogens is 1. The molecule has 0 aliphatic carbocycles. The van der Waals surface area contributed by atoms with Gasteiger partial charge in [-0.25, -0.2) is 4.39 Å². The average molecular weight is 287 g/mol. The number of rotatable bonds is 3. The molecule has 1 aliphatic rings. The van der Waals surface area contributed by atoms with Crippen LogP contribution < -0.4 is 14.4 Å². The maximum Gasteiger partial charge on any atom is 0.258 e. The van der Waals surface area contributed by atoms with Crippen molar-refractivity contribution in [3.63, 3.8) is 0 Å². The van der Waals surface area contributed by atoms with Crippen molar-refractivity contribution >= 4 is 11.6 Å². The van der Waals surface area contributed by atoms with Crippen molar-refractivity contribution < 1.29 is 18.7 Å². The largest absolute Gasteiger partial charge is 0.454 e. The zero-order valence-corrected chi connectivity index (χ0v) is 11.5. The summed E-state index contributed by atoms with van der Waals surface area (Å²) in [4.78, 5) is 14.2. The Morgan fingerprint density at radius 2 is 1.86 bits per heavy atom. The van der Waals surface area contributed by atoms with E-state index in [9.17, 15) is 9.18 Å². The van der Waals surface area contributed by atoms with Crippen molar-refractivity contribution in [3.05, 3.63) is 53.8 Å². The van der Waals surface area contributed by atoms with Crippen LogP contribution in [0.1, 0.15) is 17.3 Å². The Labute approximate surface area is 121 Å². The standard InChI is InChI=1S/C16H14FNO3/c1-2-18(13-6-4-12(17)5-7-13)16(19)11-3-8-14-15(9-11)21-10-20-14/h3-9H,2,10H2,1H3. The molecule has 1 aliphatic heterocycles. The highest BCUT2D eigenvalue weighted by Crippen LogP contribution is 2.33. The molecular formula is C16H14FNO3. The van der Waals surface area contributed by atoms with Gasteiger partial charge in [0.1, 0.15) is 5.82 Å². The third-order valence-corrected chi connectivity index (χ3v) is 3.32. The number of benzene rings is 2. The molecule has 2 aromatic rings. The SMILES string of the molecule is CCN(C(=O)c1ccc2c(c1)OCO2)c1ccc(F)cc1. The van der Waals surface area contributed by atoms with Gasteiger partial charge in [-0.1, -0.05) is 0 Å². The molecule has 0 atom stereocenters. The van der Waals surface area contributed by atoms with Crippen LogP contribution in [0.25, 0.3) is 0 Å². The van der Waals surface area contributed by atoms with E-state index < -0.39 is 0 Å². The molecule has 1 heterocycles. The maximum absolute atomic E-state index is 13.0. The van der Waals surface area contributed by atoms with Gasteiger partial charge in [-0.3, -0.25) is 4.79 Å².